The van der Waals surface area contributed by atoms with Crippen molar-refractivity contribution in [1.82, 2.24) is 4.90 Å². The van der Waals surface area contributed by atoms with Gasteiger partial charge in [-0.2, -0.15) is 0 Å². The standard InChI is InChI=1S/C28H24ClNO5/c1-16-13-22-19(15-20(16)29)26(31)24-25(18-7-5-4-6-8-18)30(28(32)27(24)35-22)12-11-17-9-10-21(33-2)23(14-17)34-3/h4-10,13-15,25H,11-12H2,1-3H3/t25-/m1/s1. The number of amides is 1. The van der Waals surface area contributed by atoms with Crippen molar-refractivity contribution < 1.29 is 18.7 Å². The maximum absolute atomic E-state index is 13.7. The molecule has 0 radical (unpaired) electrons. The predicted molar refractivity (Wildman–Crippen MR) is 135 cm³/mol. The minimum Gasteiger partial charge on any atom is -0.493 e. The van der Waals surface area contributed by atoms with Gasteiger partial charge < -0.3 is 18.8 Å². The fourth-order valence-electron chi connectivity index (χ4n) is 4.64. The van der Waals surface area contributed by atoms with E-state index in [2.05, 4.69) is 0 Å². The van der Waals surface area contributed by atoms with E-state index in [0.29, 0.717) is 46.0 Å². The number of rotatable bonds is 6. The number of methoxy groups -OCH3 is 2. The normalized spacial score (nSPS) is 14.9. The van der Waals surface area contributed by atoms with Crippen LogP contribution >= 0.6 is 11.6 Å². The van der Waals surface area contributed by atoms with Gasteiger partial charge in [-0.1, -0.05) is 48.0 Å². The lowest BCUT2D eigenvalue weighted by atomic mass is 9.98. The van der Waals surface area contributed by atoms with Crippen LogP contribution in [0.4, 0.5) is 0 Å². The van der Waals surface area contributed by atoms with Crippen molar-refractivity contribution in [3.8, 4) is 11.5 Å². The summed E-state index contributed by atoms with van der Waals surface area (Å²) < 4.78 is 16.8. The molecule has 5 rings (SSSR count). The van der Waals surface area contributed by atoms with E-state index in [9.17, 15) is 9.59 Å². The molecule has 3 aromatic carbocycles. The monoisotopic (exact) mass is 489 g/mol. The summed E-state index contributed by atoms with van der Waals surface area (Å²) in [4.78, 5) is 29.0. The highest BCUT2D eigenvalue weighted by Gasteiger charge is 2.42. The van der Waals surface area contributed by atoms with E-state index >= 15 is 0 Å². The van der Waals surface area contributed by atoms with E-state index in [1.54, 1.807) is 31.3 Å². The molecular weight excluding hydrogens is 466 g/mol. The van der Waals surface area contributed by atoms with Crippen molar-refractivity contribution in [2.24, 2.45) is 0 Å². The summed E-state index contributed by atoms with van der Waals surface area (Å²) >= 11 is 6.31. The van der Waals surface area contributed by atoms with Gasteiger partial charge in [0, 0.05) is 11.6 Å². The molecule has 178 valence electrons. The molecule has 0 N–H and O–H groups in total. The van der Waals surface area contributed by atoms with E-state index in [1.807, 2.05) is 55.5 Å². The van der Waals surface area contributed by atoms with Crippen LogP contribution in [0.3, 0.4) is 0 Å². The number of fused-ring (bicyclic) bond motifs is 2. The summed E-state index contributed by atoms with van der Waals surface area (Å²) in [6.45, 7) is 2.21. The van der Waals surface area contributed by atoms with Crippen molar-refractivity contribution in [2.45, 2.75) is 19.4 Å². The molecule has 1 aliphatic heterocycles. The predicted octanol–water partition coefficient (Wildman–Crippen LogP) is 5.56. The van der Waals surface area contributed by atoms with E-state index < -0.39 is 6.04 Å². The molecule has 1 amide bonds. The van der Waals surface area contributed by atoms with Gasteiger partial charge in [0.25, 0.3) is 5.91 Å². The molecule has 7 heteroatoms. The third-order valence-electron chi connectivity index (χ3n) is 6.45. The highest BCUT2D eigenvalue weighted by molar-refractivity contribution is 6.32. The second-order valence-corrected chi connectivity index (χ2v) is 8.93. The molecule has 35 heavy (non-hydrogen) atoms. The van der Waals surface area contributed by atoms with Gasteiger partial charge in [-0.3, -0.25) is 9.59 Å². The van der Waals surface area contributed by atoms with Gasteiger partial charge in [-0.25, -0.2) is 0 Å². The quantitative estimate of drug-likeness (QED) is 0.354. The number of hydrogen-bond donors (Lipinski definition) is 0. The van der Waals surface area contributed by atoms with Gasteiger partial charge in [-0.15, -0.1) is 0 Å². The van der Waals surface area contributed by atoms with Gasteiger partial charge in [0.2, 0.25) is 5.76 Å². The fourth-order valence-corrected chi connectivity index (χ4v) is 4.80. The van der Waals surface area contributed by atoms with Crippen LogP contribution in [0, 0.1) is 6.92 Å². The van der Waals surface area contributed by atoms with Gasteiger partial charge in [0.05, 0.1) is 31.2 Å². The first-order valence-electron chi connectivity index (χ1n) is 11.3. The summed E-state index contributed by atoms with van der Waals surface area (Å²) in [6.07, 6.45) is 0.558. The first kappa shape index (κ1) is 23.0. The van der Waals surface area contributed by atoms with Crippen LogP contribution in [-0.4, -0.2) is 31.6 Å². The van der Waals surface area contributed by atoms with E-state index in [0.717, 1.165) is 16.7 Å². The second kappa shape index (κ2) is 9.12. The zero-order valence-electron chi connectivity index (χ0n) is 19.6. The Kier molecular flexibility index (Phi) is 5.99. The van der Waals surface area contributed by atoms with Gasteiger partial charge in [0.1, 0.15) is 5.58 Å². The van der Waals surface area contributed by atoms with Crippen LogP contribution in [0.1, 0.15) is 38.9 Å². The molecule has 0 saturated heterocycles. The highest BCUT2D eigenvalue weighted by Crippen LogP contribution is 2.39. The summed E-state index contributed by atoms with van der Waals surface area (Å²) in [5, 5.41) is 0.852. The maximum Gasteiger partial charge on any atom is 0.290 e. The van der Waals surface area contributed by atoms with Crippen molar-refractivity contribution in [3.63, 3.8) is 0 Å². The lowest BCUT2D eigenvalue weighted by Crippen LogP contribution is -2.31. The van der Waals surface area contributed by atoms with E-state index in [1.165, 1.54) is 0 Å². The summed E-state index contributed by atoms with van der Waals surface area (Å²) in [5.41, 5.74) is 3.07. The minimum atomic E-state index is -0.556. The first-order valence-corrected chi connectivity index (χ1v) is 11.6. The molecule has 0 bridgehead atoms. The molecule has 0 saturated carbocycles. The molecule has 0 spiro atoms. The maximum atomic E-state index is 13.7. The topological polar surface area (TPSA) is 69.0 Å². The highest BCUT2D eigenvalue weighted by atomic mass is 35.5. The Morgan fingerprint density at radius 2 is 1.71 bits per heavy atom. The van der Waals surface area contributed by atoms with Crippen LogP contribution in [0.2, 0.25) is 5.02 Å². The zero-order valence-corrected chi connectivity index (χ0v) is 20.4. The van der Waals surface area contributed by atoms with Crippen molar-refractivity contribution in [2.75, 3.05) is 20.8 Å². The molecule has 0 unspecified atom stereocenters. The molecule has 1 aromatic heterocycles. The Morgan fingerprint density at radius 3 is 2.43 bits per heavy atom. The number of benzene rings is 3. The summed E-state index contributed by atoms with van der Waals surface area (Å²) in [5.74, 6) is 1.04. The molecule has 4 aromatic rings. The zero-order chi connectivity index (χ0) is 24.7. The Bertz CT molecular complexity index is 1500. The molecular formula is C28H24ClNO5. The number of carbonyl (C=O) groups is 1. The molecule has 2 heterocycles. The van der Waals surface area contributed by atoms with Crippen LogP contribution in [0.15, 0.2) is 69.9 Å². The third kappa shape index (κ3) is 3.94. The smallest absolute Gasteiger partial charge is 0.290 e. The first-order chi connectivity index (χ1) is 16.9. The largest absolute Gasteiger partial charge is 0.493 e. The van der Waals surface area contributed by atoms with Crippen LogP contribution in [-0.2, 0) is 6.42 Å². The minimum absolute atomic E-state index is 0.0883. The van der Waals surface area contributed by atoms with E-state index in [4.69, 9.17) is 25.5 Å². The van der Waals surface area contributed by atoms with Crippen molar-refractivity contribution >= 4 is 28.5 Å². The number of halogens is 1. The van der Waals surface area contributed by atoms with Crippen molar-refractivity contribution in [3.05, 3.63) is 104 Å². The Balaban J connectivity index is 1.59. The summed E-state index contributed by atoms with van der Waals surface area (Å²) in [7, 11) is 3.17. The number of aryl methyl sites for hydroxylation is 1. The van der Waals surface area contributed by atoms with E-state index in [-0.39, 0.29) is 17.1 Å². The second-order valence-electron chi connectivity index (χ2n) is 8.52. The average Bonchev–Trinajstić information content (AvgIpc) is 3.16. The number of ether oxygens (including phenoxy) is 2. The average molecular weight is 490 g/mol. The fraction of sp³-hybridized carbons (Fsp3) is 0.214. The van der Waals surface area contributed by atoms with Crippen molar-refractivity contribution in [1.29, 1.82) is 0 Å². The molecule has 0 aliphatic carbocycles. The lowest BCUT2D eigenvalue weighted by molar-refractivity contribution is 0.0730. The molecule has 1 aliphatic rings. The Labute approximate surface area is 207 Å². The van der Waals surface area contributed by atoms with Crippen LogP contribution < -0.4 is 14.9 Å². The van der Waals surface area contributed by atoms with Crippen LogP contribution in [0.25, 0.3) is 11.0 Å². The van der Waals surface area contributed by atoms with Gasteiger partial charge in [-0.05, 0) is 54.3 Å². The number of hydrogen-bond acceptors (Lipinski definition) is 5. The number of nitrogens with zero attached hydrogens (tertiary/aromatic N) is 1. The van der Waals surface area contributed by atoms with Crippen LogP contribution in [0.5, 0.6) is 11.5 Å². The number of carbonyl (C=O) groups excluding carboxylic acids is 1. The third-order valence-corrected chi connectivity index (χ3v) is 6.86. The Hall–Kier alpha value is -3.77. The molecule has 1 atom stereocenters. The lowest BCUT2D eigenvalue weighted by Gasteiger charge is -2.25. The van der Waals surface area contributed by atoms with Gasteiger partial charge in [0.15, 0.2) is 16.9 Å². The molecule has 6 nitrogen and oxygen atoms in total. The molecule has 0 fully saturated rings. The SMILES string of the molecule is COc1ccc(CCN2C(=O)c3oc4cc(C)c(Cl)cc4c(=O)c3[C@H]2c2ccccc2)cc1OC. The van der Waals surface area contributed by atoms with Gasteiger partial charge >= 0.3 is 0 Å². The Morgan fingerprint density at radius 1 is 0.971 bits per heavy atom. The summed E-state index contributed by atoms with van der Waals surface area (Å²) in [6, 6.07) is 18.0.